The molecule has 0 saturated carbocycles. The summed E-state index contributed by atoms with van der Waals surface area (Å²) in [7, 11) is 0. The number of furan rings is 1. The Hall–Kier alpha value is -8.09. The van der Waals surface area contributed by atoms with E-state index in [1.54, 1.807) is 0 Å². The third kappa shape index (κ3) is 5.99. The van der Waals surface area contributed by atoms with Crippen molar-refractivity contribution in [1.29, 1.82) is 0 Å². The van der Waals surface area contributed by atoms with Crippen LogP contribution in [0.5, 0.6) is 11.5 Å². The molecule has 4 heterocycles. The molecular weight excluding hydrogens is 821 g/mol. The fraction of sp³-hybridized carbons (Fsp3) is 0.131. The maximum atomic E-state index is 7.02. The lowest BCUT2D eigenvalue weighted by Gasteiger charge is -2.29. The van der Waals surface area contributed by atoms with E-state index in [0.717, 1.165) is 67.0 Å². The first-order chi connectivity index (χ1) is 32.6. The monoisotopic (exact) mass is 868 g/mol. The summed E-state index contributed by atoms with van der Waals surface area (Å²) in [5, 5.41) is 4.42. The maximum Gasteiger partial charge on any atom is 0.141 e. The number of nitrogens with zero attached hydrogens (tertiary/aromatic N) is 4. The molecule has 13 rings (SSSR count). The average molecular weight is 869 g/mol. The molecule has 67 heavy (non-hydrogen) atoms. The number of aromatic nitrogens is 2. The highest BCUT2D eigenvalue weighted by molar-refractivity contribution is 6.14. The minimum absolute atomic E-state index is 0.0295. The fourth-order valence-corrected chi connectivity index (χ4v) is 11.0. The van der Waals surface area contributed by atoms with Crippen LogP contribution in [0.3, 0.4) is 0 Å². The molecule has 8 aromatic carbocycles. The van der Waals surface area contributed by atoms with Crippen LogP contribution in [0.1, 0.15) is 51.3 Å². The van der Waals surface area contributed by atoms with Crippen LogP contribution in [0.2, 0.25) is 0 Å². The van der Waals surface area contributed by atoms with Gasteiger partial charge in [-0.05, 0) is 81.8 Å². The molecule has 6 heteroatoms. The predicted octanol–water partition coefficient (Wildman–Crippen LogP) is 16.4. The Morgan fingerprint density at radius 3 is 2.10 bits per heavy atom. The van der Waals surface area contributed by atoms with Gasteiger partial charge in [-0.1, -0.05) is 150 Å². The number of ether oxygens (including phenoxy) is 1. The van der Waals surface area contributed by atoms with Crippen molar-refractivity contribution in [1.82, 2.24) is 9.55 Å². The van der Waals surface area contributed by atoms with Crippen molar-refractivity contribution in [2.45, 2.75) is 45.4 Å². The topological polar surface area (TPSA) is 46.7 Å². The van der Waals surface area contributed by atoms with E-state index < -0.39 is 0 Å². The first kappa shape index (κ1) is 39.3. The minimum Gasteiger partial charge on any atom is -0.457 e. The summed E-state index contributed by atoms with van der Waals surface area (Å²) in [6, 6.07) is 65.2. The van der Waals surface area contributed by atoms with Crippen LogP contribution in [-0.4, -0.2) is 16.2 Å². The fourth-order valence-electron chi connectivity index (χ4n) is 11.0. The summed E-state index contributed by atoms with van der Waals surface area (Å²) in [4.78, 5) is 9.91. The Bertz CT molecular complexity index is 3800. The molecule has 0 amide bonds. The van der Waals surface area contributed by atoms with E-state index in [1.807, 2.05) is 18.3 Å². The summed E-state index contributed by atoms with van der Waals surface area (Å²) in [6.07, 6.45) is 1.92. The van der Waals surface area contributed by atoms with Gasteiger partial charge in [0.15, 0.2) is 0 Å². The molecule has 0 unspecified atom stereocenters. The smallest absolute Gasteiger partial charge is 0.141 e. The molecule has 1 aliphatic heterocycles. The van der Waals surface area contributed by atoms with Gasteiger partial charge in [-0.2, -0.15) is 0 Å². The van der Waals surface area contributed by atoms with Crippen molar-refractivity contribution < 1.29 is 9.15 Å². The van der Waals surface area contributed by atoms with E-state index in [-0.39, 0.29) is 10.8 Å². The van der Waals surface area contributed by atoms with Gasteiger partial charge < -0.3 is 19.0 Å². The highest BCUT2D eigenvalue weighted by Crippen LogP contribution is 2.58. The molecule has 0 atom stereocenters. The van der Waals surface area contributed by atoms with Crippen molar-refractivity contribution in [3.63, 3.8) is 0 Å². The first-order valence-corrected chi connectivity index (χ1v) is 23.2. The molecule has 0 bridgehead atoms. The zero-order valence-electron chi connectivity index (χ0n) is 38.2. The molecule has 0 spiro atoms. The van der Waals surface area contributed by atoms with E-state index in [4.69, 9.17) is 14.1 Å². The van der Waals surface area contributed by atoms with Crippen LogP contribution in [0.4, 0.5) is 22.7 Å². The molecule has 1 aliphatic carbocycles. The van der Waals surface area contributed by atoms with Gasteiger partial charge in [0.25, 0.3) is 0 Å². The second kappa shape index (κ2) is 14.5. The molecule has 0 radical (unpaired) electrons. The van der Waals surface area contributed by atoms with Gasteiger partial charge >= 0.3 is 0 Å². The average Bonchev–Trinajstić information content (AvgIpc) is 4.08. The summed E-state index contributed by atoms with van der Waals surface area (Å²) in [6.45, 7) is 12.0. The Morgan fingerprint density at radius 1 is 0.552 bits per heavy atom. The molecule has 6 nitrogen and oxygen atoms in total. The van der Waals surface area contributed by atoms with Crippen LogP contribution >= 0.6 is 0 Å². The zero-order chi connectivity index (χ0) is 45.2. The van der Waals surface area contributed by atoms with E-state index in [1.165, 1.54) is 50.0 Å². The Morgan fingerprint density at radius 2 is 1.27 bits per heavy atom. The van der Waals surface area contributed by atoms with Gasteiger partial charge in [-0.25, -0.2) is 4.98 Å². The van der Waals surface area contributed by atoms with Gasteiger partial charge in [0, 0.05) is 57.1 Å². The first-order valence-electron chi connectivity index (χ1n) is 23.2. The molecule has 11 aromatic rings. The zero-order valence-corrected chi connectivity index (χ0v) is 38.2. The van der Waals surface area contributed by atoms with Crippen LogP contribution in [0.25, 0.3) is 71.8 Å². The van der Waals surface area contributed by atoms with Gasteiger partial charge in [-0.15, -0.1) is 0 Å². The highest BCUT2D eigenvalue weighted by atomic mass is 16.5. The standard InChI is InChI=1S/C61H48N4O2/c1-60(2,3)39-31-32-62-56(33-39)65-49-23-13-10-19-43(49)44-28-27-40(34-52(44)65)66-41-35-53(58-46-21-11-16-26-54(46)67-55(58)36-41)63-37-64(51-25-15-14-24-50(51)63)59-42(38-17-7-6-8-18-38)29-30-48-57(59)45-20-9-12-22-47(45)61(48,4)5/h6-36H,37H2,1-5H3. The number of hydrogen-bond acceptors (Lipinski definition) is 5. The lowest BCUT2D eigenvalue weighted by molar-refractivity contribution is 0.483. The predicted molar refractivity (Wildman–Crippen MR) is 276 cm³/mol. The summed E-state index contributed by atoms with van der Waals surface area (Å²) < 4.78 is 16.0. The van der Waals surface area contributed by atoms with E-state index in [2.05, 4.69) is 219 Å². The van der Waals surface area contributed by atoms with Crippen LogP contribution < -0.4 is 14.5 Å². The number of fused-ring (bicyclic) bond motifs is 10. The third-order valence-corrected chi connectivity index (χ3v) is 14.3. The molecule has 3 aromatic heterocycles. The van der Waals surface area contributed by atoms with Crippen molar-refractivity contribution in [3.05, 3.63) is 205 Å². The summed E-state index contributed by atoms with van der Waals surface area (Å²) in [5.74, 6) is 2.29. The molecule has 324 valence electrons. The van der Waals surface area contributed by atoms with Gasteiger partial charge in [0.1, 0.15) is 35.2 Å². The number of para-hydroxylation sites is 4. The van der Waals surface area contributed by atoms with Gasteiger partial charge in [0.2, 0.25) is 0 Å². The number of pyridine rings is 1. The van der Waals surface area contributed by atoms with Crippen LogP contribution in [-0.2, 0) is 10.8 Å². The highest BCUT2D eigenvalue weighted by Gasteiger charge is 2.41. The maximum absolute atomic E-state index is 7.02. The number of hydrogen-bond donors (Lipinski definition) is 0. The SMILES string of the molecule is CC(C)(C)c1ccnc(-n2c3ccccc3c3ccc(Oc4cc(N5CN(c6c(-c7ccccc7)ccc7c6-c6ccccc6C7(C)C)c6ccccc65)c5c(c4)oc4ccccc45)cc32)c1. The lowest BCUT2D eigenvalue weighted by Crippen LogP contribution is -2.25. The van der Waals surface area contributed by atoms with Gasteiger partial charge in [-0.3, -0.25) is 4.57 Å². The van der Waals surface area contributed by atoms with Crippen molar-refractivity contribution in [2.75, 3.05) is 16.5 Å². The third-order valence-electron chi connectivity index (χ3n) is 14.3. The van der Waals surface area contributed by atoms with Crippen molar-refractivity contribution >= 4 is 66.5 Å². The lowest BCUT2D eigenvalue weighted by atomic mass is 9.82. The number of rotatable bonds is 6. The Balaban J connectivity index is 0.984. The normalized spacial score (nSPS) is 14.0. The van der Waals surface area contributed by atoms with E-state index >= 15 is 0 Å². The van der Waals surface area contributed by atoms with E-state index in [0.29, 0.717) is 12.4 Å². The van der Waals surface area contributed by atoms with Crippen LogP contribution in [0.15, 0.2) is 193 Å². The van der Waals surface area contributed by atoms with E-state index in [9.17, 15) is 0 Å². The number of benzene rings is 8. The molecule has 2 aliphatic rings. The summed E-state index contributed by atoms with van der Waals surface area (Å²) >= 11 is 0. The second-order valence-electron chi connectivity index (χ2n) is 19.6. The van der Waals surface area contributed by atoms with Crippen molar-refractivity contribution in [2.24, 2.45) is 0 Å². The summed E-state index contributed by atoms with van der Waals surface area (Å²) in [5.41, 5.74) is 16.9. The second-order valence-corrected chi connectivity index (χ2v) is 19.6. The largest absolute Gasteiger partial charge is 0.457 e. The number of anilines is 4. The molecule has 0 N–H and O–H groups in total. The van der Waals surface area contributed by atoms with Gasteiger partial charge in [0.05, 0.1) is 39.2 Å². The van der Waals surface area contributed by atoms with Crippen LogP contribution in [0, 0.1) is 0 Å². The molecule has 0 saturated heterocycles. The molecular formula is C61H48N4O2. The van der Waals surface area contributed by atoms with Crippen molar-refractivity contribution in [3.8, 4) is 39.6 Å². The Kier molecular flexibility index (Phi) is 8.48. The molecule has 0 fully saturated rings. The quantitative estimate of drug-likeness (QED) is 0.167. The minimum atomic E-state index is -0.160. The Labute approximate surface area is 389 Å².